The number of thiophene rings is 1. The van der Waals surface area contributed by atoms with Gasteiger partial charge in [0.1, 0.15) is 0 Å². The van der Waals surface area contributed by atoms with Crippen molar-refractivity contribution in [1.29, 1.82) is 0 Å². The lowest BCUT2D eigenvalue weighted by Crippen LogP contribution is -2.37. The summed E-state index contributed by atoms with van der Waals surface area (Å²) in [6.07, 6.45) is 6.59. The van der Waals surface area contributed by atoms with Crippen LogP contribution in [0.5, 0.6) is 0 Å². The van der Waals surface area contributed by atoms with Crippen molar-refractivity contribution in [2.45, 2.75) is 59.8 Å². The van der Waals surface area contributed by atoms with Gasteiger partial charge in [-0.1, -0.05) is 58.5 Å². The molecule has 1 aromatic carbocycles. The molecule has 1 aliphatic heterocycles. The molecule has 2 aliphatic rings. The number of fused-ring (bicyclic) bond motifs is 1. The van der Waals surface area contributed by atoms with Crippen LogP contribution in [0.25, 0.3) is 11.4 Å². The lowest BCUT2D eigenvalue weighted by atomic mass is 9.77. The van der Waals surface area contributed by atoms with Crippen LogP contribution in [0.4, 0.5) is 0 Å². The van der Waals surface area contributed by atoms with Crippen LogP contribution in [0.1, 0.15) is 64.5 Å². The summed E-state index contributed by atoms with van der Waals surface area (Å²) in [5.74, 6) is 0.252. The second-order valence-electron chi connectivity index (χ2n) is 10.7. The van der Waals surface area contributed by atoms with E-state index in [-0.39, 0.29) is 23.0 Å². The predicted molar refractivity (Wildman–Crippen MR) is 149 cm³/mol. The molecule has 182 valence electrons. The van der Waals surface area contributed by atoms with E-state index in [1.54, 1.807) is 11.3 Å². The monoisotopic (exact) mass is 483 g/mol. The number of hydrogen-bond donors (Lipinski definition) is 0. The summed E-state index contributed by atoms with van der Waals surface area (Å²) in [4.78, 5) is 16.2. The summed E-state index contributed by atoms with van der Waals surface area (Å²) in [5.41, 5.74) is 12.4. The van der Waals surface area contributed by atoms with Gasteiger partial charge in [-0.3, -0.25) is 4.79 Å². The fourth-order valence-electron chi connectivity index (χ4n) is 5.44. The smallest absolute Gasteiger partial charge is 0.162 e. The van der Waals surface area contributed by atoms with Crippen LogP contribution in [0.15, 0.2) is 71.3 Å². The number of rotatable bonds is 6. The Hall–Kier alpha value is -2.83. The van der Waals surface area contributed by atoms with Crippen molar-refractivity contribution in [2.75, 3.05) is 13.1 Å². The van der Waals surface area contributed by atoms with Crippen molar-refractivity contribution < 1.29 is 4.79 Å². The number of benzene rings is 1. The van der Waals surface area contributed by atoms with Gasteiger partial charge in [0.05, 0.1) is 10.2 Å². The fourth-order valence-corrected chi connectivity index (χ4v) is 6.43. The highest BCUT2D eigenvalue weighted by molar-refractivity contribution is 7.07. The molecule has 1 aliphatic carbocycles. The quantitative estimate of drug-likeness (QED) is 0.363. The summed E-state index contributed by atoms with van der Waals surface area (Å²) >= 11 is 1.76. The van der Waals surface area contributed by atoms with Crippen LogP contribution in [0, 0.1) is 11.3 Å². The zero-order valence-corrected chi connectivity index (χ0v) is 22.6. The number of carbonyl (C=O) groups excluding carboxylic acids is 1. The Balaban J connectivity index is 1.61. The molecule has 3 heteroatoms. The van der Waals surface area contributed by atoms with E-state index in [2.05, 4.69) is 93.3 Å². The number of aryl methyl sites for hydroxylation is 1. The molecule has 2 atom stereocenters. The highest BCUT2D eigenvalue weighted by atomic mass is 32.1. The summed E-state index contributed by atoms with van der Waals surface area (Å²) in [6.45, 7) is 17.1. The van der Waals surface area contributed by atoms with E-state index >= 15 is 0 Å². The van der Waals surface area contributed by atoms with Gasteiger partial charge in [-0.15, -0.1) is 22.8 Å². The third-order valence-corrected chi connectivity index (χ3v) is 8.33. The standard InChI is InChI=1S/C32H37NOS/c1-7-25-12-10-14-27(19-25)23(3)24(4)30(34)28-15-17-33(21-32(5,6)20-28)29-22(2)11-8-9-13-26-16-18-35-31(26)29/h8-10,12,14,16,18-19,23,28H,4,7,15,17,20-21H2,1-3,5-6H3. The molecule has 0 radical (unpaired) electrons. The first kappa shape index (κ1) is 25.3. The number of ketones is 1. The van der Waals surface area contributed by atoms with Gasteiger partial charge in [-0.05, 0) is 71.9 Å². The molecule has 0 saturated carbocycles. The lowest BCUT2D eigenvalue weighted by Gasteiger charge is -2.33. The van der Waals surface area contributed by atoms with Gasteiger partial charge in [-0.2, -0.15) is 0 Å². The van der Waals surface area contributed by atoms with Crippen LogP contribution in [0.3, 0.4) is 0 Å². The Bertz CT molecular complexity index is 1360. The molecule has 4 rings (SSSR count). The highest BCUT2D eigenvalue weighted by Crippen LogP contribution is 2.37. The molecule has 0 N–H and O–H groups in total. The van der Waals surface area contributed by atoms with Crippen molar-refractivity contribution in [3.8, 4) is 0 Å². The van der Waals surface area contributed by atoms with E-state index in [0.29, 0.717) is 0 Å². The van der Waals surface area contributed by atoms with Gasteiger partial charge in [0.2, 0.25) is 0 Å². The Kier molecular flexibility index (Phi) is 7.53. The SMILES string of the molecule is C=C(C(=O)C1CCN(C2=c3sccc3=C=CC=C=C2C)CC(C)(C)C1)C(C)c1cccc(CC)c1. The molecule has 2 unspecified atom stereocenters. The molecule has 1 aromatic heterocycles. The number of likely N-dealkylation sites (tertiary alicyclic amines) is 1. The molecular weight excluding hydrogens is 446 g/mol. The molecular formula is C32H37NOS. The summed E-state index contributed by atoms with van der Waals surface area (Å²) in [5, 5.41) is 3.27. The van der Waals surface area contributed by atoms with Crippen LogP contribution < -0.4 is 9.75 Å². The summed E-state index contributed by atoms with van der Waals surface area (Å²) < 4.78 is 1.24. The third-order valence-electron chi connectivity index (χ3n) is 7.41. The van der Waals surface area contributed by atoms with Crippen LogP contribution >= 0.6 is 11.3 Å². The Labute approximate surface area is 214 Å². The van der Waals surface area contributed by atoms with E-state index in [9.17, 15) is 4.79 Å². The summed E-state index contributed by atoms with van der Waals surface area (Å²) in [6, 6.07) is 10.7. The molecule has 2 heterocycles. The number of nitrogens with zero attached hydrogens (tertiary/aromatic N) is 1. The topological polar surface area (TPSA) is 20.3 Å². The largest absolute Gasteiger partial charge is 0.369 e. The van der Waals surface area contributed by atoms with Gasteiger partial charge in [0.25, 0.3) is 0 Å². The lowest BCUT2D eigenvalue weighted by molar-refractivity contribution is -0.120. The maximum absolute atomic E-state index is 13.8. The van der Waals surface area contributed by atoms with Crippen molar-refractivity contribution in [3.63, 3.8) is 0 Å². The maximum atomic E-state index is 13.8. The van der Waals surface area contributed by atoms with E-state index in [1.165, 1.54) is 21.4 Å². The van der Waals surface area contributed by atoms with Gasteiger partial charge in [0.15, 0.2) is 5.78 Å². The summed E-state index contributed by atoms with van der Waals surface area (Å²) in [7, 11) is 0. The second-order valence-corrected chi connectivity index (χ2v) is 11.7. The highest BCUT2D eigenvalue weighted by Gasteiger charge is 2.36. The van der Waals surface area contributed by atoms with Gasteiger partial charge >= 0.3 is 0 Å². The third kappa shape index (κ3) is 5.54. The van der Waals surface area contributed by atoms with E-state index < -0.39 is 0 Å². The average molecular weight is 484 g/mol. The number of Topliss-reactive ketones (excluding diaryl/α,β-unsaturated/α-hetero) is 1. The van der Waals surface area contributed by atoms with Gasteiger partial charge in [-0.25, -0.2) is 0 Å². The van der Waals surface area contributed by atoms with Crippen LogP contribution in [-0.2, 0) is 11.2 Å². The van der Waals surface area contributed by atoms with Gasteiger partial charge < -0.3 is 4.90 Å². The minimum absolute atomic E-state index is 0.00118. The molecule has 1 fully saturated rings. The molecule has 2 nitrogen and oxygen atoms in total. The average Bonchev–Trinajstić information content (AvgIpc) is 3.21. The van der Waals surface area contributed by atoms with Crippen molar-refractivity contribution >= 4 is 28.5 Å². The molecule has 1 saturated heterocycles. The molecule has 0 spiro atoms. The Morgan fingerprint density at radius 3 is 2.80 bits per heavy atom. The minimum Gasteiger partial charge on any atom is -0.369 e. The molecule has 0 amide bonds. The first-order valence-corrected chi connectivity index (χ1v) is 13.6. The second kappa shape index (κ2) is 10.4. The van der Waals surface area contributed by atoms with E-state index in [1.807, 2.05) is 12.2 Å². The van der Waals surface area contributed by atoms with Crippen molar-refractivity contribution in [3.05, 3.63) is 92.2 Å². The first-order valence-electron chi connectivity index (χ1n) is 12.7. The molecule has 0 bridgehead atoms. The van der Waals surface area contributed by atoms with E-state index in [0.717, 1.165) is 48.7 Å². The van der Waals surface area contributed by atoms with Crippen LogP contribution in [-0.4, -0.2) is 23.8 Å². The maximum Gasteiger partial charge on any atom is 0.162 e. The zero-order valence-electron chi connectivity index (χ0n) is 21.8. The number of allylic oxidation sites excluding steroid dienone is 2. The number of hydrogen-bond acceptors (Lipinski definition) is 3. The Morgan fingerprint density at radius 1 is 1.26 bits per heavy atom. The van der Waals surface area contributed by atoms with Crippen molar-refractivity contribution in [2.24, 2.45) is 11.3 Å². The molecule has 2 aromatic rings. The number of carbonyl (C=O) groups is 1. The fraction of sp³-hybridized carbons (Fsp3) is 0.406. The minimum atomic E-state index is -0.0115. The van der Waals surface area contributed by atoms with Crippen LogP contribution in [0.2, 0.25) is 0 Å². The Morgan fingerprint density at radius 2 is 2.03 bits per heavy atom. The normalized spacial score (nSPS) is 20.1. The first-order chi connectivity index (χ1) is 16.7. The predicted octanol–water partition coefficient (Wildman–Crippen LogP) is 6.14. The van der Waals surface area contributed by atoms with E-state index in [4.69, 9.17) is 0 Å². The van der Waals surface area contributed by atoms with Gasteiger partial charge in [0, 0.05) is 35.7 Å². The van der Waals surface area contributed by atoms with Crippen molar-refractivity contribution in [1.82, 2.24) is 4.90 Å². The zero-order chi connectivity index (χ0) is 25.2. The molecule has 35 heavy (non-hydrogen) atoms.